The summed E-state index contributed by atoms with van der Waals surface area (Å²) in [4.78, 5) is 24.1. The first-order valence-electron chi connectivity index (χ1n) is 17.2. The summed E-state index contributed by atoms with van der Waals surface area (Å²) in [6.07, 6.45) is 11.7. The van der Waals surface area contributed by atoms with Crippen LogP contribution in [0.25, 0.3) is 0 Å². The second-order valence-corrected chi connectivity index (χ2v) is 15.3. The molecule has 5 aliphatic rings. The summed E-state index contributed by atoms with van der Waals surface area (Å²) < 4.78 is 29.8. The first-order valence-corrected chi connectivity index (χ1v) is 17.2. The van der Waals surface area contributed by atoms with Crippen molar-refractivity contribution in [2.75, 3.05) is 13.7 Å². The first-order chi connectivity index (χ1) is 20.8. The number of fused-ring (bicyclic) bond motifs is 5. The molecule has 0 N–H and O–H groups in total. The maximum atomic E-state index is 12.3. The molecule has 246 valence electrons. The fraction of sp³-hybridized carbons (Fsp3) is 0.838. The molecule has 0 aromatic carbocycles. The minimum atomic E-state index is -0.604. The Morgan fingerprint density at radius 2 is 1.80 bits per heavy atom. The second-order valence-electron chi connectivity index (χ2n) is 15.3. The molecule has 3 saturated carbocycles. The lowest BCUT2D eigenvalue weighted by Gasteiger charge is -2.60. The van der Waals surface area contributed by atoms with E-state index >= 15 is 0 Å². The Bertz CT molecular complexity index is 1160. The van der Waals surface area contributed by atoms with Crippen molar-refractivity contribution in [3.05, 3.63) is 11.6 Å². The van der Waals surface area contributed by atoms with Crippen LogP contribution in [0.5, 0.6) is 0 Å². The molecule has 7 nitrogen and oxygen atoms in total. The number of hydrogen-bond donors (Lipinski definition) is 0. The molecule has 0 spiro atoms. The summed E-state index contributed by atoms with van der Waals surface area (Å²) in [5.41, 5.74) is 0.680. The van der Waals surface area contributed by atoms with Crippen molar-refractivity contribution in [1.82, 2.24) is 0 Å². The van der Waals surface area contributed by atoms with Crippen molar-refractivity contribution in [3.8, 4) is 11.8 Å². The number of methoxy groups -OCH3 is 1. The fourth-order valence-electron chi connectivity index (χ4n) is 10.3. The van der Waals surface area contributed by atoms with Crippen LogP contribution < -0.4 is 0 Å². The van der Waals surface area contributed by atoms with Crippen LogP contribution in [-0.4, -0.2) is 55.9 Å². The van der Waals surface area contributed by atoms with Gasteiger partial charge in [-0.15, -0.1) is 0 Å². The highest BCUT2D eigenvalue weighted by molar-refractivity contribution is 5.67. The molecule has 0 bridgehead atoms. The van der Waals surface area contributed by atoms with E-state index in [9.17, 15) is 9.59 Å². The van der Waals surface area contributed by atoms with E-state index in [-0.39, 0.29) is 47.4 Å². The smallest absolute Gasteiger partial charge is 0.302 e. The van der Waals surface area contributed by atoms with Gasteiger partial charge >= 0.3 is 11.9 Å². The van der Waals surface area contributed by atoms with E-state index in [2.05, 4.69) is 38.7 Å². The Kier molecular flexibility index (Phi) is 9.96. The Balaban J connectivity index is 1.33. The van der Waals surface area contributed by atoms with Crippen LogP contribution >= 0.6 is 0 Å². The summed E-state index contributed by atoms with van der Waals surface area (Å²) in [5.74, 6) is 8.74. The average molecular weight is 613 g/mol. The number of allylic oxidation sites excluding steroid dienone is 1. The highest BCUT2D eigenvalue weighted by Gasteiger charge is 2.62. The van der Waals surface area contributed by atoms with Gasteiger partial charge in [-0.2, -0.15) is 0 Å². The van der Waals surface area contributed by atoms with Gasteiger partial charge in [0.05, 0.1) is 0 Å². The van der Waals surface area contributed by atoms with Crippen molar-refractivity contribution in [2.24, 2.45) is 40.4 Å². The molecule has 4 fully saturated rings. The fourth-order valence-corrected chi connectivity index (χ4v) is 10.3. The van der Waals surface area contributed by atoms with Gasteiger partial charge in [0.25, 0.3) is 0 Å². The van der Waals surface area contributed by atoms with E-state index < -0.39 is 5.60 Å². The molecule has 0 amide bonds. The van der Waals surface area contributed by atoms with E-state index in [0.717, 1.165) is 51.6 Å². The third-order valence-electron chi connectivity index (χ3n) is 12.3. The summed E-state index contributed by atoms with van der Waals surface area (Å²) >= 11 is 0. The van der Waals surface area contributed by atoms with Gasteiger partial charge in [0.2, 0.25) is 0 Å². The molecule has 0 aromatic heterocycles. The van der Waals surface area contributed by atoms with E-state index in [4.69, 9.17) is 23.7 Å². The molecule has 0 aromatic rings. The van der Waals surface area contributed by atoms with Crippen LogP contribution in [0.15, 0.2) is 11.6 Å². The minimum absolute atomic E-state index is 0.163. The van der Waals surface area contributed by atoms with E-state index in [1.807, 2.05) is 13.8 Å². The molecule has 7 heteroatoms. The number of ether oxygens (including phenoxy) is 5. The Labute approximate surface area is 265 Å². The maximum absolute atomic E-state index is 12.3. The van der Waals surface area contributed by atoms with Gasteiger partial charge < -0.3 is 23.7 Å². The van der Waals surface area contributed by atoms with Crippen LogP contribution in [-0.2, 0) is 33.3 Å². The number of esters is 2. The van der Waals surface area contributed by atoms with Gasteiger partial charge in [-0.25, -0.2) is 0 Å². The van der Waals surface area contributed by atoms with Crippen molar-refractivity contribution in [3.63, 3.8) is 0 Å². The van der Waals surface area contributed by atoms with E-state index in [1.54, 1.807) is 7.11 Å². The van der Waals surface area contributed by atoms with Crippen molar-refractivity contribution >= 4 is 11.9 Å². The van der Waals surface area contributed by atoms with Gasteiger partial charge in [-0.05, 0) is 100 Å². The Morgan fingerprint density at radius 3 is 2.45 bits per heavy atom. The molecular weight excluding hydrogens is 556 g/mol. The highest BCUT2D eigenvalue weighted by atomic mass is 16.7. The second kappa shape index (κ2) is 13.1. The van der Waals surface area contributed by atoms with Crippen molar-refractivity contribution in [2.45, 2.75) is 143 Å². The Hall–Kier alpha value is -1.88. The molecule has 1 unspecified atom stereocenters. The lowest BCUT2D eigenvalue weighted by Crippen LogP contribution is -2.57. The average Bonchev–Trinajstić information content (AvgIpc) is 3.31. The lowest BCUT2D eigenvalue weighted by molar-refractivity contribution is -0.199. The molecule has 44 heavy (non-hydrogen) atoms. The number of hydrogen-bond acceptors (Lipinski definition) is 7. The number of rotatable bonds is 7. The lowest BCUT2D eigenvalue weighted by atomic mass is 9.46. The summed E-state index contributed by atoms with van der Waals surface area (Å²) in [6, 6.07) is 0. The van der Waals surface area contributed by atoms with Gasteiger partial charge in [-0.1, -0.05) is 44.3 Å². The highest BCUT2D eigenvalue weighted by Crippen LogP contribution is 2.67. The first kappa shape index (κ1) is 33.5. The molecule has 1 saturated heterocycles. The van der Waals surface area contributed by atoms with Gasteiger partial charge in [-0.3, -0.25) is 9.59 Å². The SMILES string of the molecule is CO[C@H](C#CC(C)(C)OC1CCCCO1)[C@@H](C)[C@H]1CC[C@H]2[C@@H]3CC=C4C[C@@H](OC(C)=O)C[C@H](OC(C)=O)[C@]4(C)[C@H]3CC[C@]12C. The number of carbonyl (C=O) groups is 2. The molecule has 1 heterocycles. The molecular formula is C37H56O7. The Morgan fingerprint density at radius 1 is 1.05 bits per heavy atom. The summed E-state index contributed by atoms with van der Waals surface area (Å²) in [6.45, 7) is 14.9. The standard InChI is InChI=1S/C37H56O7/c1-23(32(40-8)17-18-35(4,5)44-34-11-9-10-20-41-34)29-14-15-30-28-13-12-26-21-27(42-24(2)38)22-33(43-25(3)39)37(26,7)31(28)16-19-36(29,30)6/h12,23,27-34H,9-11,13-16,19-22H2,1-8H3/t23-,27+,28-,29+,30-,31-,32+,33-,34?,36+,37-/m0/s1. The predicted molar refractivity (Wildman–Crippen MR) is 168 cm³/mol. The molecule has 0 radical (unpaired) electrons. The maximum Gasteiger partial charge on any atom is 0.302 e. The van der Waals surface area contributed by atoms with Gasteiger partial charge in [0.1, 0.15) is 23.9 Å². The summed E-state index contributed by atoms with van der Waals surface area (Å²) in [5, 5.41) is 0. The third kappa shape index (κ3) is 6.51. The van der Waals surface area contributed by atoms with E-state index in [1.165, 1.54) is 32.3 Å². The predicted octanol–water partition coefficient (Wildman–Crippen LogP) is 7.02. The van der Waals surface area contributed by atoms with Crippen LogP contribution in [0.3, 0.4) is 0 Å². The number of carbonyl (C=O) groups excluding carboxylic acids is 2. The van der Waals surface area contributed by atoms with E-state index in [0.29, 0.717) is 36.0 Å². The molecule has 5 rings (SSSR count). The minimum Gasteiger partial charge on any atom is -0.462 e. The van der Waals surface area contributed by atoms with Crippen molar-refractivity contribution < 1.29 is 33.3 Å². The topological polar surface area (TPSA) is 80.3 Å². The summed E-state index contributed by atoms with van der Waals surface area (Å²) in [7, 11) is 1.79. The van der Waals surface area contributed by atoms with Crippen LogP contribution in [0, 0.1) is 52.3 Å². The van der Waals surface area contributed by atoms with Crippen LogP contribution in [0.2, 0.25) is 0 Å². The van der Waals surface area contributed by atoms with Crippen LogP contribution in [0.1, 0.15) is 113 Å². The normalized spacial score (nSPS) is 39.7. The van der Waals surface area contributed by atoms with Crippen molar-refractivity contribution in [1.29, 1.82) is 0 Å². The largest absolute Gasteiger partial charge is 0.462 e. The molecule has 4 aliphatic carbocycles. The zero-order valence-electron chi connectivity index (χ0n) is 28.4. The molecule has 11 atom stereocenters. The van der Waals surface area contributed by atoms with Gasteiger partial charge in [0.15, 0.2) is 6.29 Å². The van der Waals surface area contributed by atoms with Gasteiger partial charge in [0, 0.05) is 45.8 Å². The monoisotopic (exact) mass is 612 g/mol. The molecule has 1 aliphatic heterocycles. The third-order valence-corrected chi connectivity index (χ3v) is 12.3. The van der Waals surface area contributed by atoms with Crippen LogP contribution in [0.4, 0.5) is 0 Å². The quantitative estimate of drug-likeness (QED) is 0.174. The zero-order valence-corrected chi connectivity index (χ0v) is 28.4. The zero-order chi connectivity index (χ0) is 31.9.